The highest BCUT2D eigenvalue weighted by molar-refractivity contribution is 5.78. The van der Waals surface area contributed by atoms with Crippen LogP contribution in [0.5, 0.6) is 0 Å². The molecule has 1 unspecified atom stereocenters. The van der Waals surface area contributed by atoms with Gasteiger partial charge in [-0.05, 0) is 12.8 Å². The normalized spacial score (nSPS) is 11.9. The third-order valence-electron chi connectivity index (χ3n) is 2.68. The number of amides is 1. The Kier molecular flexibility index (Phi) is 7.71. The molecule has 0 rings (SSSR count). The molecule has 0 N–H and O–H groups in total. The maximum atomic E-state index is 11.9. The van der Waals surface area contributed by atoms with Crippen molar-refractivity contribution < 1.29 is 4.79 Å². The van der Waals surface area contributed by atoms with Crippen molar-refractivity contribution in [3.8, 4) is 6.07 Å². The molecular weight excluding hydrogens is 188 g/mol. The van der Waals surface area contributed by atoms with Gasteiger partial charge in [-0.25, -0.2) is 0 Å². The van der Waals surface area contributed by atoms with Crippen molar-refractivity contribution in [2.24, 2.45) is 5.92 Å². The van der Waals surface area contributed by atoms with Gasteiger partial charge in [0.25, 0.3) is 0 Å². The summed E-state index contributed by atoms with van der Waals surface area (Å²) in [6.45, 7) is 4.74. The molecule has 15 heavy (non-hydrogen) atoms. The van der Waals surface area contributed by atoms with E-state index >= 15 is 0 Å². The molecule has 0 aliphatic carbocycles. The number of carbonyl (C=O) groups is 1. The molecule has 0 saturated heterocycles. The molecule has 0 aromatic heterocycles. The zero-order valence-corrected chi connectivity index (χ0v) is 10.1. The Hall–Kier alpha value is -1.04. The van der Waals surface area contributed by atoms with E-state index in [2.05, 4.69) is 19.9 Å². The molecule has 1 atom stereocenters. The zero-order valence-electron chi connectivity index (χ0n) is 10.1. The Bertz CT molecular complexity index is 220. The van der Waals surface area contributed by atoms with Gasteiger partial charge >= 0.3 is 0 Å². The van der Waals surface area contributed by atoms with Crippen LogP contribution in [0.2, 0.25) is 0 Å². The van der Waals surface area contributed by atoms with Crippen LogP contribution in [0.3, 0.4) is 0 Å². The fourth-order valence-electron chi connectivity index (χ4n) is 1.59. The van der Waals surface area contributed by atoms with Gasteiger partial charge in [0.15, 0.2) is 0 Å². The Morgan fingerprint density at radius 3 is 2.60 bits per heavy atom. The minimum Gasteiger partial charge on any atom is -0.344 e. The van der Waals surface area contributed by atoms with Crippen LogP contribution in [0.1, 0.15) is 46.0 Å². The summed E-state index contributed by atoms with van der Waals surface area (Å²) in [6.07, 6.45) is 4.53. The first kappa shape index (κ1) is 14.0. The molecule has 0 aliphatic heterocycles. The summed E-state index contributed by atoms with van der Waals surface area (Å²) in [4.78, 5) is 13.6. The summed E-state index contributed by atoms with van der Waals surface area (Å²) in [7, 11) is 1.79. The fourth-order valence-corrected chi connectivity index (χ4v) is 1.59. The largest absolute Gasteiger partial charge is 0.344 e. The Labute approximate surface area is 93.1 Å². The molecule has 0 radical (unpaired) electrons. The third kappa shape index (κ3) is 5.41. The second-order valence-corrected chi connectivity index (χ2v) is 3.92. The van der Waals surface area contributed by atoms with Gasteiger partial charge in [0.2, 0.25) is 5.91 Å². The van der Waals surface area contributed by atoms with E-state index in [0.29, 0.717) is 13.0 Å². The fraction of sp³-hybridized carbons (Fsp3) is 0.833. The molecule has 3 heteroatoms. The smallest absolute Gasteiger partial charge is 0.225 e. The summed E-state index contributed by atoms with van der Waals surface area (Å²) in [6, 6.07) is 2.06. The van der Waals surface area contributed by atoms with Crippen molar-refractivity contribution in [1.29, 1.82) is 5.26 Å². The topological polar surface area (TPSA) is 44.1 Å². The maximum Gasteiger partial charge on any atom is 0.225 e. The molecule has 0 fully saturated rings. The lowest BCUT2D eigenvalue weighted by Gasteiger charge is -2.22. The maximum absolute atomic E-state index is 11.9. The predicted molar refractivity (Wildman–Crippen MR) is 61.2 cm³/mol. The summed E-state index contributed by atoms with van der Waals surface area (Å²) >= 11 is 0. The van der Waals surface area contributed by atoms with E-state index in [1.165, 1.54) is 0 Å². The van der Waals surface area contributed by atoms with Crippen LogP contribution in [0, 0.1) is 17.2 Å². The quantitative estimate of drug-likeness (QED) is 0.648. The van der Waals surface area contributed by atoms with E-state index in [1.54, 1.807) is 11.9 Å². The number of carbonyl (C=O) groups excluding carboxylic acids is 1. The number of hydrogen-bond acceptors (Lipinski definition) is 2. The molecule has 0 aromatic rings. The van der Waals surface area contributed by atoms with Crippen molar-refractivity contribution in [2.45, 2.75) is 46.0 Å². The third-order valence-corrected chi connectivity index (χ3v) is 2.68. The van der Waals surface area contributed by atoms with Crippen LogP contribution >= 0.6 is 0 Å². The average molecular weight is 210 g/mol. The van der Waals surface area contributed by atoms with Crippen molar-refractivity contribution >= 4 is 5.91 Å². The summed E-state index contributed by atoms with van der Waals surface area (Å²) in [5.41, 5.74) is 0. The highest BCUT2D eigenvalue weighted by Crippen LogP contribution is 2.15. The highest BCUT2D eigenvalue weighted by Gasteiger charge is 2.19. The van der Waals surface area contributed by atoms with Crippen LogP contribution < -0.4 is 0 Å². The van der Waals surface area contributed by atoms with Crippen LogP contribution in [-0.4, -0.2) is 24.4 Å². The SMILES string of the molecule is CCCCC(CC)C(=O)N(C)CCC#N. The van der Waals surface area contributed by atoms with Gasteiger partial charge in [-0.1, -0.05) is 26.7 Å². The number of hydrogen-bond donors (Lipinski definition) is 0. The van der Waals surface area contributed by atoms with Crippen molar-refractivity contribution in [1.82, 2.24) is 4.90 Å². The molecule has 86 valence electrons. The first-order valence-corrected chi connectivity index (χ1v) is 5.79. The molecule has 0 heterocycles. The van der Waals surface area contributed by atoms with Crippen molar-refractivity contribution in [3.63, 3.8) is 0 Å². The van der Waals surface area contributed by atoms with Crippen LogP contribution in [0.4, 0.5) is 0 Å². The van der Waals surface area contributed by atoms with E-state index in [0.717, 1.165) is 25.7 Å². The minimum atomic E-state index is 0.147. The van der Waals surface area contributed by atoms with E-state index in [-0.39, 0.29) is 11.8 Å². The van der Waals surface area contributed by atoms with Gasteiger partial charge in [-0.15, -0.1) is 0 Å². The number of nitrogens with zero attached hydrogens (tertiary/aromatic N) is 2. The minimum absolute atomic E-state index is 0.147. The summed E-state index contributed by atoms with van der Waals surface area (Å²) in [5.74, 6) is 0.342. The van der Waals surface area contributed by atoms with E-state index in [4.69, 9.17) is 5.26 Å². The Morgan fingerprint density at radius 2 is 2.13 bits per heavy atom. The molecule has 0 aliphatic rings. The lowest BCUT2D eigenvalue weighted by molar-refractivity contribution is -0.134. The lowest BCUT2D eigenvalue weighted by Crippen LogP contribution is -2.33. The van der Waals surface area contributed by atoms with E-state index in [9.17, 15) is 4.79 Å². The van der Waals surface area contributed by atoms with Gasteiger partial charge in [0.1, 0.15) is 0 Å². The first-order valence-electron chi connectivity index (χ1n) is 5.79. The molecular formula is C12H22N2O. The Morgan fingerprint density at radius 1 is 1.47 bits per heavy atom. The number of nitriles is 1. The number of rotatable bonds is 7. The van der Waals surface area contributed by atoms with Crippen LogP contribution in [0.15, 0.2) is 0 Å². The molecule has 3 nitrogen and oxygen atoms in total. The van der Waals surface area contributed by atoms with Gasteiger partial charge < -0.3 is 4.90 Å². The second kappa shape index (κ2) is 8.28. The van der Waals surface area contributed by atoms with E-state index in [1.807, 2.05) is 0 Å². The van der Waals surface area contributed by atoms with Crippen LogP contribution in [-0.2, 0) is 4.79 Å². The lowest BCUT2D eigenvalue weighted by atomic mass is 9.98. The molecule has 0 saturated carbocycles. The van der Waals surface area contributed by atoms with Gasteiger partial charge in [-0.2, -0.15) is 5.26 Å². The average Bonchev–Trinajstić information content (AvgIpc) is 2.26. The molecule has 0 spiro atoms. The number of unbranched alkanes of at least 4 members (excludes halogenated alkanes) is 1. The molecule has 1 amide bonds. The van der Waals surface area contributed by atoms with Gasteiger partial charge in [0.05, 0.1) is 12.5 Å². The van der Waals surface area contributed by atoms with E-state index < -0.39 is 0 Å². The van der Waals surface area contributed by atoms with Crippen LogP contribution in [0.25, 0.3) is 0 Å². The first-order chi connectivity index (χ1) is 7.17. The predicted octanol–water partition coefficient (Wildman–Crippen LogP) is 2.57. The Balaban J connectivity index is 4.07. The van der Waals surface area contributed by atoms with Gasteiger partial charge in [0, 0.05) is 19.5 Å². The highest BCUT2D eigenvalue weighted by atomic mass is 16.2. The standard InChI is InChI=1S/C12H22N2O/c1-4-6-8-11(5-2)12(15)14(3)10-7-9-13/h11H,4-8,10H2,1-3H3. The zero-order chi connectivity index (χ0) is 11.7. The summed E-state index contributed by atoms with van der Waals surface area (Å²) < 4.78 is 0. The summed E-state index contributed by atoms with van der Waals surface area (Å²) in [5, 5.41) is 8.45. The monoisotopic (exact) mass is 210 g/mol. The molecule has 0 bridgehead atoms. The van der Waals surface area contributed by atoms with Crippen molar-refractivity contribution in [2.75, 3.05) is 13.6 Å². The van der Waals surface area contributed by atoms with Gasteiger partial charge in [-0.3, -0.25) is 4.79 Å². The van der Waals surface area contributed by atoms with Crippen molar-refractivity contribution in [3.05, 3.63) is 0 Å². The molecule has 0 aromatic carbocycles. The second-order valence-electron chi connectivity index (χ2n) is 3.92.